The summed E-state index contributed by atoms with van der Waals surface area (Å²) in [5.41, 5.74) is 0.480. The zero-order chi connectivity index (χ0) is 16.6. The van der Waals surface area contributed by atoms with Crippen LogP contribution in [0.4, 0.5) is 10.5 Å². The molecule has 0 saturated heterocycles. The average Bonchev–Trinajstić information content (AvgIpc) is 2.45. The zero-order valence-electron chi connectivity index (χ0n) is 12.8. The van der Waals surface area contributed by atoms with Gasteiger partial charge >= 0.3 is 6.03 Å². The van der Waals surface area contributed by atoms with Gasteiger partial charge in [-0.1, -0.05) is 0 Å². The third kappa shape index (κ3) is 6.64. The molecule has 0 aliphatic carbocycles. The van der Waals surface area contributed by atoms with Crippen molar-refractivity contribution in [3.8, 4) is 11.5 Å². The number of anilines is 1. The van der Waals surface area contributed by atoms with Crippen LogP contribution in [0.25, 0.3) is 0 Å². The summed E-state index contributed by atoms with van der Waals surface area (Å²) < 4.78 is 34.3. The summed E-state index contributed by atoms with van der Waals surface area (Å²) >= 11 is 0. The monoisotopic (exact) mass is 331 g/mol. The van der Waals surface area contributed by atoms with Gasteiger partial charge in [0.25, 0.3) is 0 Å². The molecule has 1 aromatic carbocycles. The van der Waals surface area contributed by atoms with Gasteiger partial charge in [-0.25, -0.2) is 17.9 Å². The van der Waals surface area contributed by atoms with Crippen molar-refractivity contribution in [3.05, 3.63) is 18.2 Å². The highest BCUT2D eigenvalue weighted by Crippen LogP contribution is 2.28. The molecule has 22 heavy (non-hydrogen) atoms. The standard InChI is InChI=1S/C13H21N3O5S/c1-20-10-5-6-12(21-2)11(9-10)16-13(17)14-7-4-8-15-22(3,18)19/h5-6,9,15H,4,7-8H2,1-3H3,(H2,14,16,17). The SMILES string of the molecule is COc1ccc(OC)c(NC(=O)NCCCNS(C)(=O)=O)c1. The molecule has 0 atom stereocenters. The van der Waals surface area contributed by atoms with Crippen molar-refractivity contribution < 1.29 is 22.7 Å². The maximum atomic E-state index is 11.8. The van der Waals surface area contributed by atoms with Gasteiger partial charge in [0.2, 0.25) is 10.0 Å². The Bertz CT molecular complexity index is 604. The van der Waals surface area contributed by atoms with Crippen molar-refractivity contribution in [1.29, 1.82) is 0 Å². The summed E-state index contributed by atoms with van der Waals surface area (Å²) in [4.78, 5) is 11.8. The van der Waals surface area contributed by atoms with E-state index in [0.717, 1.165) is 6.26 Å². The van der Waals surface area contributed by atoms with E-state index in [1.807, 2.05) is 0 Å². The van der Waals surface area contributed by atoms with Crippen molar-refractivity contribution in [3.63, 3.8) is 0 Å². The predicted molar refractivity (Wildman–Crippen MR) is 84.0 cm³/mol. The highest BCUT2D eigenvalue weighted by atomic mass is 32.2. The molecule has 9 heteroatoms. The fourth-order valence-corrected chi connectivity index (χ4v) is 2.14. The van der Waals surface area contributed by atoms with E-state index in [9.17, 15) is 13.2 Å². The minimum absolute atomic E-state index is 0.265. The van der Waals surface area contributed by atoms with Crippen LogP contribution in [0.5, 0.6) is 11.5 Å². The number of sulfonamides is 1. The molecule has 0 fully saturated rings. The van der Waals surface area contributed by atoms with E-state index >= 15 is 0 Å². The van der Waals surface area contributed by atoms with Crippen molar-refractivity contribution in [1.82, 2.24) is 10.0 Å². The summed E-state index contributed by atoms with van der Waals surface area (Å²) in [7, 11) is -0.169. The third-order valence-electron chi connectivity index (χ3n) is 2.66. The van der Waals surface area contributed by atoms with E-state index in [1.54, 1.807) is 18.2 Å². The molecule has 0 bridgehead atoms. The molecule has 1 aromatic rings. The van der Waals surface area contributed by atoms with Crippen molar-refractivity contribution >= 4 is 21.7 Å². The normalized spacial score (nSPS) is 10.9. The van der Waals surface area contributed by atoms with Crippen LogP contribution >= 0.6 is 0 Å². The fourth-order valence-electron chi connectivity index (χ4n) is 1.63. The Morgan fingerprint density at radius 1 is 1.18 bits per heavy atom. The molecule has 0 spiro atoms. The number of amides is 2. The topological polar surface area (TPSA) is 106 Å². The molecule has 0 aliphatic heterocycles. The minimum Gasteiger partial charge on any atom is -0.497 e. The molecule has 3 N–H and O–H groups in total. The quantitative estimate of drug-likeness (QED) is 0.610. The first-order valence-corrected chi connectivity index (χ1v) is 8.46. The number of carbonyl (C=O) groups excluding carboxylic acids is 1. The molecular weight excluding hydrogens is 310 g/mol. The molecule has 0 saturated carbocycles. The Morgan fingerprint density at radius 3 is 2.50 bits per heavy atom. The van der Waals surface area contributed by atoms with Gasteiger partial charge in [-0.2, -0.15) is 0 Å². The lowest BCUT2D eigenvalue weighted by atomic mass is 10.2. The van der Waals surface area contributed by atoms with Crippen LogP contribution in [0.1, 0.15) is 6.42 Å². The van der Waals surface area contributed by atoms with Gasteiger partial charge in [-0.3, -0.25) is 0 Å². The highest BCUT2D eigenvalue weighted by molar-refractivity contribution is 7.88. The lowest BCUT2D eigenvalue weighted by Crippen LogP contribution is -2.32. The summed E-state index contributed by atoms with van der Waals surface area (Å²) in [6, 6.07) is 4.64. The summed E-state index contributed by atoms with van der Waals surface area (Å²) in [6.07, 6.45) is 1.57. The highest BCUT2D eigenvalue weighted by Gasteiger charge is 2.08. The molecule has 0 unspecified atom stereocenters. The van der Waals surface area contributed by atoms with Crippen molar-refractivity contribution in [2.45, 2.75) is 6.42 Å². The van der Waals surface area contributed by atoms with Gasteiger partial charge in [-0.05, 0) is 18.6 Å². The third-order valence-corrected chi connectivity index (χ3v) is 3.39. The van der Waals surface area contributed by atoms with Gasteiger partial charge in [0.15, 0.2) is 0 Å². The van der Waals surface area contributed by atoms with E-state index in [1.165, 1.54) is 14.2 Å². The van der Waals surface area contributed by atoms with Crippen molar-refractivity contribution in [2.75, 3.05) is 38.9 Å². The number of hydrogen-bond donors (Lipinski definition) is 3. The Labute approximate surface area is 130 Å². The van der Waals surface area contributed by atoms with Crippen LogP contribution in [-0.2, 0) is 10.0 Å². The molecule has 0 heterocycles. The maximum absolute atomic E-state index is 11.8. The van der Waals surface area contributed by atoms with Crippen LogP contribution in [0.2, 0.25) is 0 Å². The summed E-state index contributed by atoms with van der Waals surface area (Å²) in [6.45, 7) is 0.599. The number of urea groups is 1. The average molecular weight is 331 g/mol. The second-order valence-corrected chi connectivity index (χ2v) is 6.30. The fraction of sp³-hybridized carbons (Fsp3) is 0.462. The molecule has 2 amide bonds. The first-order valence-electron chi connectivity index (χ1n) is 6.57. The first-order chi connectivity index (χ1) is 10.4. The lowest BCUT2D eigenvalue weighted by molar-refractivity contribution is 0.252. The number of carbonyl (C=O) groups is 1. The molecule has 1 rings (SSSR count). The minimum atomic E-state index is -3.20. The molecule has 0 aliphatic rings. The lowest BCUT2D eigenvalue weighted by Gasteiger charge is -2.12. The molecule has 124 valence electrons. The van der Waals surface area contributed by atoms with Crippen LogP contribution in [0, 0.1) is 0 Å². The van der Waals surface area contributed by atoms with Crippen molar-refractivity contribution in [2.24, 2.45) is 0 Å². The van der Waals surface area contributed by atoms with Gasteiger partial charge in [-0.15, -0.1) is 0 Å². The van der Waals surface area contributed by atoms with E-state index in [0.29, 0.717) is 30.2 Å². The van der Waals surface area contributed by atoms with E-state index in [2.05, 4.69) is 15.4 Å². The zero-order valence-corrected chi connectivity index (χ0v) is 13.6. The number of methoxy groups -OCH3 is 2. The van der Waals surface area contributed by atoms with E-state index in [4.69, 9.17) is 9.47 Å². The molecule has 8 nitrogen and oxygen atoms in total. The Morgan fingerprint density at radius 2 is 1.91 bits per heavy atom. The van der Waals surface area contributed by atoms with Gasteiger partial charge < -0.3 is 20.1 Å². The number of ether oxygens (including phenoxy) is 2. The smallest absolute Gasteiger partial charge is 0.319 e. The number of nitrogens with one attached hydrogen (secondary N) is 3. The molecular formula is C13H21N3O5S. The number of hydrogen-bond acceptors (Lipinski definition) is 5. The molecule has 0 aromatic heterocycles. The van der Waals surface area contributed by atoms with Gasteiger partial charge in [0, 0.05) is 19.2 Å². The van der Waals surface area contributed by atoms with E-state index < -0.39 is 16.1 Å². The number of benzene rings is 1. The largest absolute Gasteiger partial charge is 0.497 e. The van der Waals surface area contributed by atoms with Crippen LogP contribution in [0.3, 0.4) is 0 Å². The number of rotatable bonds is 8. The maximum Gasteiger partial charge on any atom is 0.319 e. The summed E-state index contributed by atoms with van der Waals surface area (Å²) in [5.74, 6) is 1.10. The Hall–Kier alpha value is -2.00. The predicted octanol–water partition coefficient (Wildman–Crippen LogP) is 0.765. The summed E-state index contributed by atoms with van der Waals surface area (Å²) in [5, 5.41) is 5.27. The van der Waals surface area contributed by atoms with Crippen LogP contribution < -0.4 is 24.8 Å². The second kappa shape index (κ2) is 8.44. The van der Waals surface area contributed by atoms with Gasteiger partial charge in [0.1, 0.15) is 11.5 Å². The Balaban J connectivity index is 2.45. The van der Waals surface area contributed by atoms with Crippen LogP contribution in [-0.4, -0.2) is 48.0 Å². The van der Waals surface area contributed by atoms with E-state index in [-0.39, 0.29) is 6.54 Å². The second-order valence-electron chi connectivity index (χ2n) is 4.47. The molecule has 0 radical (unpaired) electrons. The Kier molecular flexibility index (Phi) is 6.93. The van der Waals surface area contributed by atoms with Gasteiger partial charge in [0.05, 0.1) is 26.2 Å². The van der Waals surface area contributed by atoms with Crippen LogP contribution in [0.15, 0.2) is 18.2 Å². The first kappa shape index (κ1) is 18.1.